The number of hydrazone groups is 1. The zero-order valence-corrected chi connectivity index (χ0v) is 27.9. The van der Waals surface area contributed by atoms with E-state index in [9.17, 15) is 9.59 Å². The van der Waals surface area contributed by atoms with Crippen molar-refractivity contribution >= 4 is 37.3 Å². The van der Waals surface area contributed by atoms with Crippen LogP contribution in [0.5, 0.6) is 5.75 Å². The minimum Gasteiger partial charge on any atom is -0.483 e. The van der Waals surface area contributed by atoms with Crippen LogP contribution in [-0.4, -0.2) is 93.6 Å². The van der Waals surface area contributed by atoms with E-state index >= 15 is 4.39 Å². The fraction of sp³-hybridized carbons (Fsp3) is 0.531. The number of rotatable bonds is 7. The van der Waals surface area contributed by atoms with Crippen molar-refractivity contribution in [1.29, 1.82) is 0 Å². The Morgan fingerprint density at radius 1 is 1.07 bits per heavy atom. The molecule has 12 heteroatoms. The molecule has 3 heterocycles. The fourth-order valence-corrected chi connectivity index (χ4v) is 6.23. The van der Waals surface area contributed by atoms with Crippen LogP contribution in [0.3, 0.4) is 0 Å². The highest BCUT2D eigenvalue weighted by molar-refractivity contribution is 6.76. The normalized spacial score (nSPS) is 18.9. The van der Waals surface area contributed by atoms with Gasteiger partial charge in [-0.1, -0.05) is 37.8 Å². The first-order valence-electron chi connectivity index (χ1n) is 15.3. The summed E-state index contributed by atoms with van der Waals surface area (Å²) in [5.74, 6) is 0.654. The van der Waals surface area contributed by atoms with Gasteiger partial charge in [0, 0.05) is 57.7 Å². The molecule has 2 aromatic carbocycles. The van der Waals surface area contributed by atoms with E-state index < -0.39 is 19.7 Å². The molecule has 2 aromatic rings. The molecular weight excluding hydrogens is 581 g/mol. The number of nitrogens with zero attached hydrogens (tertiary/aromatic N) is 5. The molecule has 0 N–H and O–H groups in total. The second-order valence-electron chi connectivity index (χ2n) is 13.7. The number of carbonyl (C=O) groups excluding carboxylic acids is 2. The SMILES string of the molecule is CC1C(=O)N(COCC[Si](C)(C)C)N=C2COc3cc(-c4ccccc4F)c(N4CCN(C(=O)OC(C)(C)C)CC4)cc3N21. The van der Waals surface area contributed by atoms with Crippen molar-refractivity contribution < 1.29 is 28.2 Å². The fourth-order valence-electron chi connectivity index (χ4n) is 5.47. The summed E-state index contributed by atoms with van der Waals surface area (Å²) >= 11 is 0. The number of anilines is 2. The van der Waals surface area contributed by atoms with Crippen molar-refractivity contribution in [1.82, 2.24) is 9.91 Å². The average molecular weight is 626 g/mol. The van der Waals surface area contributed by atoms with Crippen molar-refractivity contribution in [3.05, 3.63) is 42.2 Å². The Morgan fingerprint density at radius 3 is 2.43 bits per heavy atom. The van der Waals surface area contributed by atoms with Crippen LogP contribution in [0, 0.1) is 5.82 Å². The second-order valence-corrected chi connectivity index (χ2v) is 19.3. The van der Waals surface area contributed by atoms with Gasteiger partial charge in [-0.05, 0) is 51.9 Å². The van der Waals surface area contributed by atoms with Gasteiger partial charge in [0.15, 0.2) is 5.84 Å². The summed E-state index contributed by atoms with van der Waals surface area (Å²) in [7, 11) is -1.26. The van der Waals surface area contributed by atoms with Gasteiger partial charge in [0.1, 0.15) is 36.5 Å². The maximum Gasteiger partial charge on any atom is 0.410 e. The summed E-state index contributed by atoms with van der Waals surface area (Å²) < 4.78 is 32.8. The molecule has 1 saturated heterocycles. The van der Waals surface area contributed by atoms with Crippen LogP contribution >= 0.6 is 0 Å². The number of hydrogen-bond acceptors (Lipinski definition) is 8. The number of piperazine rings is 1. The Kier molecular flexibility index (Phi) is 8.95. The third-order valence-corrected chi connectivity index (χ3v) is 9.56. The first-order valence-corrected chi connectivity index (χ1v) is 19.0. The summed E-state index contributed by atoms with van der Waals surface area (Å²) in [5.41, 5.74) is 2.04. The smallest absolute Gasteiger partial charge is 0.410 e. The minimum atomic E-state index is -1.26. The van der Waals surface area contributed by atoms with Crippen LogP contribution in [0.15, 0.2) is 41.5 Å². The van der Waals surface area contributed by atoms with Gasteiger partial charge in [-0.15, -0.1) is 0 Å². The Hall–Kier alpha value is -3.64. The summed E-state index contributed by atoms with van der Waals surface area (Å²) in [6, 6.07) is 10.9. The first kappa shape index (κ1) is 31.8. The monoisotopic (exact) mass is 625 g/mol. The molecule has 0 saturated carbocycles. The lowest BCUT2D eigenvalue weighted by Crippen LogP contribution is -2.57. The minimum absolute atomic E-state index is 0.0945. The van der Waals surface area contributed by atoms with Crippen LogP contribution in [0.2, 0.25) is 25.7 Å². The number of ether oxygens (including phenoxy) is 3. The molecule has 0 radical (unpaired) electrons. The van der Waals surface area contributed by atoms with Crippen molar-refractivity contribution in [2.75, 3.05) is 55.9 Å². The zero-order chi connectivity index (χ0) is 31.8. The Balaban J connectivity index is 1.44. The third kappa shape index (κ3) is 7.01. The van der Waals surface area contributed by atoms with E-state index in [1.807, 2.05) is 44.7 Å². The lowest BCUT2D eigenvalue weighted by Gasteiger charge is -2.42. The molecule has 0 bridgehead atoms. The van der Waals surface area contributed by atoms with Crippen LogP contribution in [0.1, 0.15) is 27.7 Å². The predicted octanol–water partition coefficient (Wildman–Crippen LogP) is 5.61. The van der Waals surface area contributed by atoms with E-state index in [1.165, 1.54) is 11.1 Å². The van der Waals surface area contributed by atoms with E-state index in [2.05, 4.69) is 29.6 Å². The molecule has 238 valence electrons. The van der Waals surface area contributed by atoms with Gasteiger partial charge in [0.25, 0.3) is 5.91 Å². The number of amides is 2. The maximum absolute atomic E-state index is 15.2. The van der Waals surface area contributed by atoms with Gasteiger partial charge >= 0.3 is 6.09 Å². The molecule has 5 rings (SSSR count). The van der Waals surface area contributed by atoms with Crippen molar-refractivity contribution in [3.63, 3.8) is 0 Å². The van der Waals surface area contributed by atoms with Gasteiger partial charge in [-0.3, -0.25) is 4.79 Å². The van der Waals surface area contributed by atoms with E-state index in [-0.39, 0.29) is 31.2 Å². The van der Waals surface area contributed by atoms with Gasteiger partial charge in [-0.2, -0.15) is 5.10 Å². The molecule has 10 nitrogen and oxygen atoms in total. The van der Waals surface area contributed by atoms with Crippen molar-refractivity contribution in [3.8, 4) is 16.9 Å². The first-order chi connectivity index (χ1) is 20.7. The average Bonchev–Trinajstić information content (AvgIpc) is 2.95. The molecule has 1 atom stereocenters. The molecule has 44 heavy (non-hydrogen) atoms. The highest BCUT2D eigenvalue weighted by atomic mass is 28.3. The molecule has 3 aliphatic rings. The topological polar surface area (TPSA) is 87.2 Å². The standard InChI is InChI=1S/C32H44FN5O5Si/c1-22-30(39)37(21-41-16-17-44(5,6)7)34-29-20-42-28-18-24(23-10-8-9-11-25(23)33)26(19-27(28)38(22)29)35-12-14-36(15-13-35)31(40)43-32(2,3)4/h8-11,18-19,22H,12-17,20-21H2,1-7H3. The van der Waals surface area contributed by atoms with Crippen LogP contribution in [0.25, 0.3) is 11.1 Å². The third-order valence-electron chi connectivity index (χ3n) is 7.85. The van der Waals surface area contributed by atoms with Crippen LogP contribution in [0.4, 0.5) is 20.6 Å². The summed E-state index contributed by atoms with van der Waals surface area (Å²) in [6.07, 6.45) is -0.346. The van der Waals surface area contributed by atoms with Gasteiger partial charge < -0.3 is 28.9 Å². The van der Waals surface area contributed by atoms with Crippen molar-refractivity contribution in [2.45, 2.75) is 65.0 Å². The predicted molar refractivity (Wildman–Crippen MR) is 173 cm³/mol. The van der Waals surface area contributed by atoms with E-state index in [0.29, 0.717) is 61.2 Å². The number of carbonyl (C=O) groups is 2. The largest absolute Gasteiger partial charge is 0.483 e. The number of halogens is 1. The Labute approximate surface area is 260 Å². The highest BCUT2D eigenvalue weighted by Crippen LogP contribution is 2.45. The lowest BCUT2D eigenvalue weighted by molar-refractivity contribution is -0.138. The second kappa shape index (κ2) is 12.4. The molecule has 0 aromatic heterocycles. The number of hydrogen-bond donors (Lipinski definition) is 0. The molecule has 0 spiro atoms. The summed E-state index contributed by atoms with van der Waals surface area (Å²) in [5, 5.41) is 6.01. The molecule has 1 unspecified atom stereocenters. The van der Waals surface area contributed by atoms with E-state index in [0.717, 1.165) is 11.7 Å². The van der Waals surface area contributed by atoms with Gasteiger partial charge in [-0.25, -0.2) is 14.2 Å². The molecule has 0 aliphatic carbocycles. The van der Waals surface area contributed by atoms with Crippen LogP contribution in [-0.2, 0) is 14.3 Å². The van der Waals surface area contributed by atoms with Crippen LogP contribution < -0.4 is 14.5 Å². The van der Waals surface area contributed by atoms with Crippen molar-refractivity contribution in [2.24, 2.45) is 5.10 Å². The Morgan fingerprint density at radius 2 is 1.77 bits per heavy atom. The summed E-state index contributed by atoms with van der Waals surface area (Å²) in [6.45, 7) is 17.1. The molecule has 1 fully saturated rings. The van der Waals surface area contributed by atoms with Gasteiger partial charge in [0.05, 0.1) is 5.69 Å². The molecule has 3 aliphatic heterocycles. The maximum atomic E-state index is 15.2. The van der Waals surface area contributed by atoms with E-state index in [4.69, 9.17) is 14.2 Å². The highest BCUT2D eigenvalue weighted by Gasteiger charge is 2.40. The zero-order valence-electron chi connectivity index (χ0n) is 26.9. The lowest BCUT2D eigenvalue weighted by atomic mass is 9.99. The number of benzene rings is 2. The quantitative estimate of drug-likeness (QED) is 0.292. The summed E-state index contributed by atoms with van der Waals surface area (Å²) in [4.78, 5) is 31.9. The van der Waals surface area contributed by atoms with E-state index in [1.54, 1.807) is 23.1 Å². The van der Waals surface area contributed by atoms with Gasteiger partial charge in [0.2, 0.25) is 0 Å². The Bertz CT molecular complexity index is 1430. The molecule has 2 amide bonds. The number of amidine groups is 1. The molecular formula is C32H44FN5O5Si. The number of fused-ring (bicyclic) bond motifs is 3.